The van der Waals surface area contributed by atoms with Crippen LogP contribution in [0.4, 0.5) is 0 Å². The maximum absolute atomic E-state index is 12.5. The number of esters is 1. The molecule has 8 aliphatic rings. The number of allylic oxidation sites excluding steroid dienone is 5. The number of hydrogen-bond acceptors (Lipinski definition) is 6. The van der Waals surface area contributed by atoms with Crippen LogP contribution in [-0.2, 0) is 9.53 Å². The van der Waals surface area contributed by atoms with E-state index in [4.69, 9.17) is 4.74 Å². The van der Waals surface area contributed by atoms with E-state index in [-0.39, 0.29) is 28.1 Å². The van der Waals surface area contributed by atoms with E-state index in [0.717, 1.165) is 57.2 Å². The van der Waals surface area contributed by atoms with Crippen molar-refractivity contribution in [2.24, 2.45) is 57.2 Å². The molecule has 7 heteroatoms. The van der Waals surface area contributed by atoms with Gasteiger partial charge in [-0.05, 0) is 160 Å². The molecule has 2 bridgehead atoms. The molecular weight excluding hydrogens is 665 g/mol. The van der Waals surface area contributed by atoms with Crippen molar-refractivity contribution < 1.29 is 18.6 Å². The van der Waals surface area contributed by atoms with Crippen molar-refractivity contribution in [3.8, 4) is 0 Å². The third-order valence-electron chi connectivity index (χ3n) is 18.4. The number of ether oxygens (including phenoxy) is 1. The van der Waals surface area contributed by atoms with Crippen molar-refractivity contribution in [3.05, 3.63) is 35.5 Å². The number of carbonyl (C=O) groups is 1. The number of fused-ring (bicyclic) bond motifs is 9. The summed E-state index contributed by atoms with van der Waals surface area (Å²) in [6.07, 6.45) is 20.5. The fraction of sp³-hybridized carbons (Fsp3) is 0.844. The summed E-state index contributed by atoms with van der Waals surface area (Å²) in [7, 11) is -2.36. The summed E-state index contributed by atoms with van der Waals surface area (Å²) in [6.45, 7) is 25.6. The number of nitrogens with one attached hydrogen (secondary N) is 1. The normalized spacial score (nSPS) is 48.0. The molecule has 0 spiro atoms. The van der Waals surface area contributed by atoms with Gasteiger partial charge in [0.2, 0.25) is 0 Å². The number of nitrogens with zero attached hydrogens (tertiary/aromatic N) is 1. The van der Waals surface area contributed by atoms with Crippen LogP contribution in [0, 0.1) is 57.2 Å². The van der Waals surface area contributed by atoms with Gasteiger partial charge in [0.1, 0.15) is 0 Å². The van der Waals surface area contributed by atoms with Crippen LogP contribution >= 0.6 is 10.6 Å². The van der Waals surface area contributed by atoms with Crippen molar-refractivity contribution in [1.82, 2.24) is 10.2 Å². The minimum atomic E-state index is -2.36. The summed E-state index contributed by atoms with van der Waals surface area (Å²) in [4.78, 5) is 15.1. The lowest BCUT2D eigenvalue weighted by Gasteiger charge is -2.72. The maximum Gasteiger partial charge on any atom is 0.309 e. The highest BCUT2D eigenvalue weighted by atomic mass is 32.3. The van der Waals surface area contributed by atoms with Crippen molar-refractivity contribution in [2.75, 3.05) is 32.0 Å². The quantitative estimate of drug-likeness (QED) is 0.170. The highest BCUT2D eigenvalue weighted by Crippen LogP contribution is 2.76. The van der Waals surface area contributed by atoms with Crippen LogP contribution < -0.4 is 5.32 Å². The van der Waals surface area contributed by atoms with E-state index < -0.39 is 10.6 Å². The van der Waals surface area contributed by atoms with Gasteiger partial charge in [0.05, 0.1) is 23.5 Å². The molecule has 6 nitrogen and oxygen atoms in total. The molecule has 6 aliphatic carbocycles. The summed E-state index contributed by atoms with van der Waals surface area (Å²) in [5.74, 6) is 3.97. The molecule has 12 atom stereocenters. The van der Waals surface area contributed by atoms with Gasteiger partial charge in [0.25, 0.3) is 0 Å². The summed E-state index contributed by atoms with van der Waals surface area (Å²) in [5, 5.41) is 4.39. The molecule has 6 fully saturated rings. The fourth-order valence-corrected chi connectivity index (χ4v) is 17.8. The first-order valence-electron chi connectivity index (χ1n) is 21.5. The number of hydrogen-bond donors (Lipinski definition) is 3. The Morgan fingerprint density at radius 3 is 2.44 bits per heavy atom. The van der Waals surface area contributed by atoms with Crippen molar-refractivity contribution in [3.63, 3.8) is 0 Å². The van der Waals surface area contributed by atoms with E-state index in [1.54, 1.807) is 5.57 Å². The predicted molar refractivity (Wildman–Crippen MR) is 214 cm³/mol. The van der Waals surface area contributed by atoms with Crippen molar-refractivity contribution in [2.45, 2.75) is 149 Å². The Morgan fingerprint density at radius 2 is 1.79 bits per heavy atom. The Bertz CT molecular complexity index is 1520. The van der Waals surface area contributed by atoms with Gasteiger partial charge in [-0.3, -0.25) is 18.8 Å². The van der Waals surface area contributed by atoms with E-state index >= 15 is 0 Å². The highest BCUT2D eigenvalue weighted by molar-refractivity contribution is 8.25. The van der Waals surface area contributed by atoms with E-state index in [1.165, 1.54) is 68.9 Å². The van der Waals surface area contributed by atoms with Gasteiger partial charge in [-0.25, -0.2) is 0 Å². The Balaban J connectivity index is 1.02. The van der Waals surface area contributed by atoms with Gasteiger partial charge in [-0.2, -0.15) is 10.6 Å². The smallest absolute Gasteiger partial charge is 0.309 e. The zero-order valence-corrected chi connectivity index (χ0v) is 34.6. The minimum absolute atomic E-state index is 0.0156. The maximum atomic E-state index is 12.5. The first kappa shape index (κ1) is 37.8. The molecule has 4 saturated carbocycles. The average Bonchev–Trinajstić information content (AvgIpc) is 3.76. The predicted octanol–water partition coefficient (Wildman–Crippen LogP) is 10.0. The lowest BCUT2D eigenvalue weighted by atomic mass is 9.33. The summed E-state index contributed by atoms with van der Waals surface area (Å²) >= 11 is 0. The molecule has 2 heterocycles. The summed E-state index contributed by atoms with van der Waals surface area (Å²) in [5.41, 5.74) is 5.76. The largest absolute Gasteiger partial charge is 0.466 e. The summed E-state index contributed by atoms with van der Waals surface area (Å²) < 4.78 is 26.3. The third kappa shape index (κ3) is 5.49. The molecule has 0 aromatic carbocycles. The second-order valence-corrected chi connectivity index (χ2v) is 23.1. The molecule has 3 N–H and O–H groups in total. The number of rotatable bonds is 8. The molecule has 2 aliphatic heterocycles. The molecular formula is C45H72N2O4S. The lowest BCUT2D eigenvalue weighted by Crippen LogP contribution is -2.68. The molecule has 0 radical (unpaired) electrons. The van der Waals surface area contributed by atoms with Gasteiger partial charge >= 0.3 is 5.97 Å². The first-order chi connectivity index (χ1) is 24.5. The standard InChI is InChI=1S/C45H72N2O4S/c1-9-51-40(48)31-12-10-30(11-13-31)35-17-19-42(6)37(41(35,4)5)18-20-44(8)38(42)15-14-36-39-34(29(2)3)16-21-45(39,23-22-43(36,44)7)46-24-25-47-27-33-26-32(47)28-52(33,49)50/h10,17,31-34,36-39,46,49-50H,2,9,11-16,18-28H2,1,3-8H3/t31?,32-,33-,34-,36+,37-,38+,39+,42-,43+,44+,45-/m0/s1. The van der Waals surface area contributed by atoms with Gasteiger partial charge < -0.3 is 10.1 Å². The van der Waals surface area contributed by atoms with E-state index in [9.17, 15) is 13.9 Å². The van der Waals surface area contributed by atoms with Gasteiger partial charge in [0, 0.05) is 31.2 Å². The van der Waals surface area contributed by atoms with Crippen LogP contribution in [0.2, 0.25) is 0 Å². The Hall–Kier alpha value is -1.12. The molecule has 1 unspecified atom stereocenters. The average molecular weight is 737 g/mol. The Labute approximate surface area is 317 Å². The monoisotopic (exact) mass is 737 g/mol. The van der Waals surface area contributed by atoms with E-state index in [2.05, 4.69) is 70.5 Å². The topological polar surface area (TPSA) is 82.0 Å². The molecule has 8 rings (SSSR count). The molecule has 52 heavy (non-hydrogen) atoms. The van der Waals surface area contributed by atoms with Crippen LogP contribution in [0.25, 0.3) is 0 Å². The second kappa shape index (κ2) is 13.0. The van der Waals surface area contributed by atoms with Gasteiger partial charge in [-0.15, -0.1) is 0 Å². The number of likely N-dealkylation sites (tertiary alicyclic amines) is 1. The van der Waals surface area contributed by atoms with E-state index in [1.807, 2.05) is 6.92 Å². The number of carbonyl (C=O) groups excluding carboxylic acids is 1. The SMILES string of the molecule is C=C(C)[C@@H]1CC[C@]2(NCCN3C[C@@H]4C[C@H]3CS4(O)O)CC[C@]3(C)[C@H](CC[C@@H]4[C@@]5(C)CC=C(C6=CCC(C(=O)OCC)CC6)C(C)(C)[C@@H]5CC[C@]43C)[C@@H]12. The lowest BCUT2D eigenvalue weighted by molar-refractivity contribution is -0.221. The molecule has 2 saturated heterocycles. The Morgan fingerprint density at radius 1 is 1.00 bits per heavy atom. The van der Waals surface area contributed by atoms with E-state index in [0.29, 0.717) is 52.4 Å². The minimum Gasteiger partial charge on any atom is -0.466 e. The zero-order chi connectivity index (χ0) is 37.1. The second-order valence-electron chi connectivity index (χ2n) is 20.7. The highest BCUT2D eigenvalue weighted by Gasteiger charge is 2.70. The molecule has 292 valence electrons. The summed E-state index contributed by atoms with van der Waals surface area (Å²) in [6, 6.07) is 0.358. The molecule has 0 aromatic heterocycles. The molecule has 0 amide bonds. The zero-order valence-electron chi connectivity index (χ0n) is 33.8. The van der Waals surface area contributed by atoms with Gasteiger partial charge in [-0.1, -0.05) is 58.9 Å². The third-order valence-corrected chi connectivity index (χ3v) is 20.6. The van der Waals surface area contributed by atoms with Crippen LogP contribution in [0.15, 0.2) is 35.5 Å². The Kier molecular flexibility index (Phi) is 9.42. The van der Waals surface area contributed by atoms with Crippen LogP contribution in [0.1, 0.15) is 132 Å². The van der Waals surface area contributed by atoms with Crippen LogP contribution in [0.5, 0.6) is 0 Å². The van der Waals surface area contributed by atoms with Crippen molar-refractivity contribution in [1.29, 1.82) is 0 Å². The first-order valence-corrected chi connectivity index (χ1v) is 23.2. The van der Waals surface area contributed by atoms with Crippen LogP contribution in [0.3, 0.4) is 0 Å². The fourth-order valence-electron chi connectivity index (χ4n) is 15.7. The van der Waals surface area contributed by atoms with Crippen LogP contribution in [-0.4, -0.2) is 68.8 Å². The molecule has 0 aromatic rings. The van der Waals surface area contributed by atoms with Crippen molar-refractivity contribution >= 4 is 16.6 Å². The van der Waals surface area contributed by atoms with Gasteiger partial charge in [0.15, 0.2) is 0 Å².